The molecular formula is C52H36N2O. The van der Waals surface area contributed by atoms with Gasteiger partial charge in [-0.3, -0.25) is 0 Å². The summed E-state index contributed by atoms with van der Waals surface area (Å²) in [5.41, 5.74) is 12.6. The quantitative estimate of drug-likeness (QED) is 0.157. The second-order valence-electron chi connectivity index (χ2n) is 13.8. The van der Waals surface area contributed by atoms with Crippen LogP contribution in [0.15, 0.2) is 223 Å². The SMILES string of the molecule is c1ccc(-c2ccc(N(c3ccccc3)c3cc4oc5cc6ccccc6cc5c4cc3N(c3ccccc3)c3ccc(-c4ccccc4)cc3)cc2)cc1. The predicted octanol–water partition coefficient (Wildman–Crippen LogP) is 15.0. The Kier molecular flexibility index (Phi) is 8.16. The van der Waals surface area contributed by atoms with Gasteiger partial charge in [0.1, 0.15) is 11.2 Å². The minimum Gasteiger partial charge on any atom is -0.456 e. The van der Waals surface area contributed by atoms with Crippen molar-refractivity contribution in [3.8, 4) is 22.3 Å². The Morgan fingerprint density at radius 1 is 0.273 bits per heavy atom. The number of benzene rings is 9. The first kappa shape index (κ1) is 32.3. The molecule has 0 N–H and O–H groups in total. The number of anilines is 6. The molecule has 0 bridgehead atoms. The van der Waals surface area contributed by atoms with E-state index in [1.165, 1.54) is 27.6 Å². The van der Waals surface area contributed by atoms with Crippen molar-refractivity contribution in [2.24, 2.45) is 0 Å². The average molecular weight is 705 g/mol. The second-order valence-corrected chi connectivity index (χ2v) is 13.8. The monoisotopic (exact) mass is 704 g/mol. The summed E-state index contributed by atoms with van der Waals surface area (Å²) < 4.78 is 6.77. The van der Waals surface area contributed by atoms with Crippen LogP contribution in [0, 0.1) is 0 Å². The maximum absolute atomic E-state index is 6.77. The molecule has 0 amide bonds. The van der Waals surface area contributed by atoms with Crippen LogP contribution >= 0.6 is 0 Å². The van der Waals surface area contributed by atoms with Crippen molar-refractivity contribution in [2.45, 2.75) is 0 Å². The molecule has 0 atom stereocenters. The summed E-state index contributed by atoms with van der Waals surface area (Å²) in [6.45, 7) is 0. The summed E-state index contributed by atoms with van der Waals surface area (Å²) in [4.78, 5) is 4.72. The third-order valence-corrected chi connectivity index (χ3v) is 10.4. The molecule has 0 fully saturated rings. The molecule has 10 aromatic rings. The van der Waals surface area contributed by atoms with Crippen LogP contribution in [0.3, 0.4) is 0 Å². The molecule has 0 aliphatic rings. The maximum atomic E-state index is 6.77. The van der Waals surface area contributed by atoms with E-state index in [0.717, 1.165) is 61.4 Å². The molecule has 1 heterocycles. The van der Waals surface area contributed by atoms with Gasteiger partial charge in [0, 0.05) is 39.6 Å². The van der Waals surface area contributed by atoms with Crippen molar-refractivity contribution in [1.82, 2.24) is 0 Å². The van der Waals surface area contributed by atoms with Crippen LogP contribution < -0.4 is 9.80 Å². The van der Waals surface area contributed by atoms with Crippen LogP contribution in [-0.4, -0.2) is 0 Å². The highest BCUT2D eigenvalue weighted by Crippen LogP contribution is 2.49. The van der Waals surface area contributed by atoms with Gasteiger partial charge in [-0.25, -0.2) is 0 Å². The van der Waals surface area contributed by atoms with Crippen LogP contribution in [-0.2, 0) is 0 Å². The first-order chi connectivity index (χ1) is 27.3. The molecule has 0 saturated carbocycles. The van der Waals surface area contributed by atoms with Crippen LogP contribution in [0.4, 0.5) is 34.1 Å². The van der Waals surface area contributed by atoms with Gasteiger partial charge < -0.3 is 14.2 Å². The zero-order chi connectivity index (χ0) is 36.6. The van der Waals surface area contributed by atoms with Crippen molar-refractivity contribution in [2.75, 3.05) is 9.80 Å². The molecule has 1 aromatic heterocycles. The van der Waals surface area contributed by atoms with E-state index in [1.54, 1.807) is 0 Å². The summed E-state index contributed by atoms with van der Waals surface area (Å²) in [5, 5.41) is 4.49. The molecule has 0 unspecified atom stereocenters. The van der Waals surface area contributed by atoms with Crippen molar-refractivity contribution in [1.29, 1.82) is 0 Å². The third kappa shape index (κ3) is 6.08. The van der Waals surface area contributed by atoms with Gasteiger partial charge >= 0.3 is 0 Å². The number of fused-ring (bicyclic) bond motifs is 4. The van der Waals surface area contributed by atoms with Gasteiger partial charge in [-0.1, -0.05) is 146 Å². The minimum absolute atomic E-state index is 0.832. The van der Waals surface area contributed by atoms with Crippen LogP contribution in [0.5, 0.6) is 0 Å². The average Bonchev–Trinajstić information content (AvgIpc) is 3.61. The Labute approximate surface area is 320 Å². The van der Waals surface area contributed by atoms with E-state index in [9.17, 15) is 0 Å². The fourth-order valence-electron chi connectivity index (χ4n) is 7.72. The topological polar surface area (TPSA) is 19.6 Å². The summed E-state index contributed by atoms with van der Waals surface area (Å²) in [7, 11) is 0. The third-order valence-electron chi connectivity index (χ3n) is 10.4. The number of hydrogen-bond acceptors (Lipinski definition) is 3. The molecule has 0 spiro atoms. The van der Waals surface area contributed by atoms with E-state index in [0.29, 0.717) is 0 Å². The van der Waals surface area contributed by atoms with Crippen molar-refractivity contribution < 1.29 is 4.42 Å². The lowest BCUT2D eigenvalue weighted by molar-refractivity contribution is 0.669. The summed E-state index contributed by atoms with van der Waals surface area (Å²) >= 11 is 0. The Morgan fingerprint density at radius 3 is 1.11 bits per heavy atom. The molecule has 9 aromatic carbocycles. The number of furan rings is 1. The lowest BCUT2D eigenvalue weighted by Gasteiger charge is -2.33. The van der Waals surface area contributed by atoms with Crippen LogP contribution in [0.25, 0.3) is 55.0 Å². The first-order valence-electron chi connectivity index (χ1n) is 18.7. The first-order valence-corrected chi connectivity index (χ1v) is 18.7. The molecule has 10 rings (SSSR count). The smallest absolute Gasteiger partial charge is 0.137 e. The molecule has 3 nitrogen and oxygen atoms in total. The normalized spacial score (nSPS) is 11.3. The number of rotatable bonds is 8. The van der Waals surface area contributed by atoms with E-state index in [-0.39, 0.29) is 0 Å². The van der Waals surface area contributed by atoms with Gasteiger partial charge in [0.15, 0.2) is 0 Å². The summed E-state index contributed by atoms with van der Waals surface area (Å²) in [6, 6.07) is 77.6. The maximum Gasteiger partial charge on any atom is 0.137 e. The molecule has 260 valence electrons. The van der Waals surface area contributed by atoms with Gasteiger partial charge in [-0.15, -0.1) is 0 Å². The summed E-state index contributed by atoms with van der Waals surface area (Å²) in [6.07, 6.45) is 0. The predicted molar refractivity (Wildman–Crippen MR) is 231 cm³/mol. The van der Waals surface area contributed by atoms with E-state index < -0.39 is 0 Å². The Balaban J connectivity index is 1.24. The van der Waals surface area contributed by atoms with Gasteiger partial charge in [-0.05, 0) is 99.8 Å². The zero-order valence-corrected chi connectivity index (χ0v) is 30.1. The lowest BCUT2D eigenvalue weighted by atomic mass is 10.0. The van der Waals surface area contributed by atoms with Gasteiger partial charge in [0.2, 0.25) is 0 Å². The Hall–Kier alpha value is -7.36. The van der Waals surface area contributed by atoms with Crippen LogP contribution in [0.2, 0.25) is 0 Å². The largest absolute Gasteiger partial charge is 0.456 e. The molecule has 55 heavy (non-hydrogen) atoms. The van der Waals surface area contributed by atoms with E-state index in [1.807, 2.05) is 0 Å². The fraction of sp³-hybridized carbons (Fsp3) is 0. The highest BCUT2D eigenvalue weighted by molar-refractivity contribution is 6.13. The van der Waals surface area contributed by atoms with Gasteiger partial charge in [0.25, 0.3) is 0 Å². The molecule has 0 radical (unpaired) electrons. The molecule has 0 saturated heterocycles. The van der Waals surface area contributed by atoms with Crippen molar-refractivity contribution in [3.63, 3.8) is 0 Å². The van der Waals surface area contributed by atoms with E-state index in [4.69, 9.17) is 4.42 Å². The molecular weight excluding hydrogens is 669 g/mol. The second kappa shape index (κ2) is 13.9. The molecule has 3 heteroatoms. The molecule has 0 aliphatic heterocycles. The van der Waals surface area contributed by atoms with Crippen molar-refractivity contribution >= 4 is 66.8 Å². The number of hydrogen-bond donors (Lipinski definition) is 0. The van der Waals surface area contributed by atoms with Gasteiger partial charge in [-0.2, -0.15) is 0 Å². The van der Waals surface area contributed by atoms with Crippen LogP contribution in [0.1, 0.15) is 0 Å². The van der Waals surface area contributed by atoms with Crippen molar-refractivity contribution in [3.05, 3.63) is 218 Å². The van der Waals surface area contributed by atoms with Gasteiger partial charge in [0.05, 0.1) is 11.4 Å². The minimum atomic E-state index is 0.832. The summed E-state index contributed by atoms with van der Waals surface area (Å²) in [5.74, 6) is 0. The Morgan fingerprint density at radius 2 is 0.618 bits per heavy atom. The van der Waals surface area contributed by atoms with E-state index >= 15 is 0 Å². The number of nitrogens with zero attached hydrogens (tertiary/aromatic N) is 2. The zero-order valence-electron chi connectivity index (χ0n) is 30.1. The highest BCUT2D eigenvalue weighted by atomic mass is 16.3. The lowest BCUT2D eigenvalue weighted by Crippen LogP contribution is -2.17. The fourth-order valence-corrected chi connectivity index (χ4v) is 7.72. The number of para-hydroxylation sites is 2. The Bertz CT molecular complexity index is 2890. The standard InChI is InChI=1S/C52H36N2O/c1-5-15-37(16-6-1)39-25-29-45(30-26-39)53(43-21-9-3-10-22-43)49-35-48-47-33-41-19-13-14-20-42(41)34-51(47)55-52(48)36-50(49)54(44-23-11-4-12-24-44)46-31-27-40(28-32-46)38-17-7-2-8-18-38/h1-36H. The van der Waals surface area contributed by atoms with E-state index in [2.05, 4.69) is 228 Å². The molecule has 0 aliphatic carbocycles. The highest BCUT2D eigenvalue weighted by Gasteiger charge is 2.25.